The Morgan fingerprint density at radius 3 is 2.68 bits per heavy atom. The fourth-order valence-corrected chi connectivity index (χ4v) is 1.80. The summed E-state index contributed by atoms with van der Waals surface area (Å²) < 4.78 is 0. The van der Waals surface area contributed by atoms with Crippen LogP contribution >= 0.6 is 0 Å². The van der Waals surface area contributed by atoms with E-state index in [1.165, 1.54) is 12.8 Å². The van der Waals surface area contributed by atoms with Gasteiger partial charge in [-0.1, -0.05) is 13.0 Å². The Morgan fingerprint density at radius 2 is 2.05 bits per heavy atom. The van der Waals surface area contributed by atoms with Gasteiger partial charge in [-0.25, -0.2) is 0 Å². The molecule has 0 spiro atoms. The first kappa shape index (κ1) is 13.6. The molecule has 1 aliphatic rings. The average molecular weight is 260 g/mol. The molecule has 2 N–H and O–H groups in total. The third kappa shape index (κ3) is 3.81. The van der Waals surface area contributed by atoms with Gasteiger partial charge in [0.25, 0.3) is 5.91 Å². The molecule has 0 heterocycles. The van der Waals surface area contributed by atoms with Crippen molar-refractivity contribution in [3.05, 3.63) is 29.3 Å². The molecule has 0 aromatic heterocycles. The van der Waals surface area contributed by atoms with E-state index in [1.807, 2.05) is 13.0 Å². The normalized spacial score (nSPS) is 14.0. The van der Waals surface area contributed by atoms with Crippen LogP contribution in [0.25, 0.3) is 0 Å². The number of hydrogen-bond acceptors (Lipinski definition) is 2. The highest BCUT2D eigenvalue weighted by atomic mass is 16.2. The number of carbonyl (C=O) groups is 2. The summed E-state index contributed by atoms with van der Waals surface area (Å²) in [5, 5.41) is 5.74. The van der Waals surface area contributed by atoms with E-state index < -0.39 is 0 Å². The maximum absolute atomic E-state index is 12.0. The van der Waals surface area contributed by atoms with Gasteiger partial charge in [-0.2, -0.15) is 0 Å². The Morgan fingerprint density at radius 1 is 1.32 bits per heavy atom. The number of anilines is 1. The summed E-state index contributed by atoms with van der Waals surface area (Å²) in [6.07, 6.45) is 2.86. The lowest BCUT2D eigenvalue weighted by Gasteiger charge is -2.10. The van der Waals surface area contributed by atoms with Crippen LogP contribution in [-0.2, 0) is 4.79 Å². The Balaban J connectivity index is 2.05. The van der Waals surface area contributed by atoms with E-state index in [1.54, 1.807) is 19.1 Å². The molecule has 4 heteroatoms. The van der Waals surface area contributed by atoms with Crippen molar-refractivity contribution >= 4 is 17.5 Å². The van der Waals surface area contributed by atoms with Crippen LogP contribution in [0.3, 0.4) is 0 Å². The fraction of sp³-hybridized carbons (Fsp3) is 0.467. The van der Waals surface area contributed by atoms with Crippen LogP contribution in [0.1, 0.15) is 42.1 Å². The SMILES string of the molecule is CCC(=O)Nc1cc(C(=O)NCC2CC2)ccc1C. The Labute approximate surface area is 113 Å². The first-order chi connectivity index (χ1) is 9.10. The number of benzene rings is 1. The summed E-state index contributed by atoms with van der Waals surface area (Å²) in [5.74, 6) is 0.547. The van der Waals surface area contributed by atoms with E-state index in [0.717, 1.165) is 12.1 Å². The summed E-state index contributed by atoms with van der Waals surface area (Å²) in [7, 11) is 0. The quantitative estimate of drug-likeness (QED) is 0.854. The lowest BCUT2D eigenvalue weighted by molar-refractivity contribution is -0.115. The maximum atomic E-state index is 12.0. The molecular formula is C15H20N2O2. The molecule has 2 rings (SSSR count). The molecule has 4 nitrogen and oxygen atoms in total. The van der Waals surface area contributed by atoms with Gasteiger partial charge in [0.05, 0.1) is 0 Å². The Bertz CT molecular complexity index is 493. The number of rotatable bonds is 5. The van der Waals surface area contributed by atoms with Gasteiger partial charge in [0.2, 0.25) is 5.91 Å². The summed E-state index contributed by atoms with van der Waals surface area (Å²) in [6, 6.07) is 5.39. The largest absolute Gasteiger partial charge is 0.352 e. The minimum absolute atomic E-state index is 0.0429. The van der Waals surface area contributed by atoms with Gasteiger partial charge in [-0.3, -0.25) is 9.59 Å². The summed E-state index contributed by atoms with van der Waals surface area (Å²) in [6.45, 7) is 4.47. The molecule has 0 aliphatic heterocycles. The maximum Gasteiger partial charge on any atom is 0.251 e. The first-order valence-corrected chi connectivity index (χ1v) is 6.79. The van der Waals surface area contributed by atoms with Crippen LogP contribution in [0, 0.1) is 12.8 Å². The van der Waals surface area contributed by atoms with Crippen LogP contribution in [0.5, 0.6) is 0 Å². The number of aryl methyl sites for hydroxylation is 1. The van der Waals surface area contributed by atoms with Crippen molar-refractivity contribution < 1.29 is 9.59 Å². The molecule has 2 amide bonds. The number of hydrogen-bond donors (Lipinski definition) is 2. The zero-order chi connectivity index (χ0) is 13.8. The molecule has 1 aromatic rings. The second-order valence-corrected chi connectivity index (χ2v) is 5.08. The van der Waals surface area contributed by atoms with Crippen molar-refractivity contribution in [2.75, 3.05) is 11.9 Å². The third-order valence-corrected chi connectivity index (χ3v) is 3.34. The van der Waals surface area contributed by atoms with E-state index >= 15 is 0 Å². The van der Waals surface area contributed by atoms with E-state index in [0.29, 0.717) is 23.6 Å². The zero-order valence-electron chi connectivity index (χ0n) is 11.5. The minimum Gasteiger partial charge on any atom is -0.352 e. The summed E-state index contributed by atoms with van der Waals surface area (Å²) in [4.78, 5) is 23.4. The van der Waals surface area contributed by atoms with Gasteiger partial charge < -0.3 is 10.6 Å². The minimum atomic E-state index is -0.0705. The van der Waals surface area contributed by atoms with Crippen LogP contribution in [0.15, 0.2) is 18.2 Å². The topological polar surface area (TPSA) is 58.2 Å². The molecule has 0 unspecified atom stereocenters. The molecule has 1 fully saturated rings. The van der Waals surface area contributed by atoms with Crippen LogP contribution in [0.4, 0.5) is 5.69 Å². The predicted octanol–water partition coefficient (Wildman–Crippen LogP) is 2.48. The van der Waals surface area contributed by atoms with Gasteiger partial charge in [-0.15, -0.1) is 0 Å². The highest BCUT2D eigenvalue weighted by Crippen LogP contribution is 2.27. The van der Waals surface area contributed by atoms with Gasteiger partial charge in [-0.05, 0) is 43.4 Å². The lowest BCUT2D eigenvalue weighted by atomic mass is 10.1. The monoisotopic (exact) mass is 260 g/mol. The standard InChI is InChI=1S/C15H20N2O2/c1-3-14(18)17-13-8-12(7-4-10(13)2)15(19)16-9-11-5-6-11/h4,7-8,11H,3,5-6,9H2,1-2H3,(H,16,19)(H,17,18). The van der Waals surface area contributed by atoms with E-state index in [4.69, 9.17) is 0 Å². The zero-order valence-corrected chi connectivity index (χ0v) is 11.5. The Kier molecular flexibility index (Phi) is 4.20. The van der Waals surface area contributed by atoms with Crippen molar-refractivity contribution in [1.82, 2.24) is 5.32 Å². The third-order valence-electron chi connectivity index (χ3n) is 3.34. The van der Waals surface area contributed by atoms with E-state index in [9.17, 15) is 9.59 Å². The van der Waals surface area contributed by atoms with Crippen molar-refractivity contribution in [1.29, 1.82) is 0 Å². The smallest absolute Gasteiger partial charge is 0.251 e. The van der Waals surface area contributed by atoms with Gasteiger partial charge in [0, 0.05) is 24.2 Å². The molecule has 1 aromatic carbocycles. The fourth-order valence-electron chi connectivity index (χ4n) is 1.80. The molecule has 0 atom stereocenters. The van der Waals surface area contributed by atoms with Gasteiger partial charge >= 0.3 is 0 Å². The van der Waals surface area contributed by atoms with Crippen molar-refractivity contribution in [3.63, 3.8) is 0 Å². The first-order valence-electron chi connectivity index (χ1n) is 6.79. The van der Waals surface area contributed by atoms with Gasteiger partial charge in [0.15, 0.2) is 0 Å². The number of carbonyl (C=O) groups excluding carboxylic acids is 2. The van der Waals surface area contributed by atoms with Crippen molar-refractivity contribution in [3.8, 4) is 0 Å². The predicted molar refractivity (Wildman–Crippen MR) is 75.2 cm³/mol. The second-order valence-electron chi connectivity index (χ2n) is 5.08. The highest BCUT2D eigenvalue weighted by molar-refractivity contribution is 5.97. The Hall–Kier alpha value is -1.84. The number of nitrogens with one attached hydrogen (secondary N) is 2. The van der Waals surface area contributed by atoms with E-state index in [2.05, 4.69) is 10.6 Å². The van der Waals surface area contributed by atoms with Crippen molar-refractivity contribution in [2.45, 2.75) is 33.1 Å². The number of amides is 2. The van der Waals surface area contributed by atoms with Crippen LogP contribution < -0.4 is 10.6 Å². The van der Waals surface area contributed by atoms with E-state index in [-0.39, 0.29) is 11.8 Å². The molecule has 0 radical (unpaired) electrons. The lowest BCUT2D eigenvalue weighted by Crippen LogP contribution is -2.25. The molecule has 1 saturated carbocycles. The summed E-state index contributed by atoms with van der Waals surface area (Å²) in [5.41, 5.74) is 2.27. The highest BCUT2D eigenvalue weighted by Gasteiger charge is 2.22. The van der Waals surface area contributed by atoms with Gasteiger partial charge in [0.1, 0.15) is 0 Å². The van der Waals surface area contributed by atoms with Crippen LogP contribution in [0.2, 0.25) is 0 Å². The molecule has 0 saturated heterocycles. The molecule has 0 bridgehead atoms. The molecule has 102 valence electrons. The summed E-state index contributed by atoms with van der Waals surface area (Å²) >= 11 is 0. The molecule has 1 aliphatic carbocycles. The van der Waals surface area contributed by atoms with Crippen molar-refractivity contribution in [2.24, 2.45) is 5.92 Å². The second kappa shape index (κ2) is 5.87. The van der Waals surface area contributed by atoms with Crippen LogP contribution in [-0.4, -0.2) is 18.4 Å². The molecular weight excluding hydrogens is 240 g/mol. The molecule has 19 heavy (non-hydrogen) atoms. The average Bonchev–Trinajstić information content (AvgIpc) is 3.22.